The van der Waals surface area contributed by atoms with E-state index < -0.39 is 5.60 Å². The van der Waals surface area contributed by atoms with Gasteiger partial charge < -0.3 is 26.4 Å². The number of anilines is 2. The third-order valence-corrected chi connectivity index (χ3v) is 5.88. The summed E-state index contributed by atoms with van der Waals surface area (Å²) in [6.07, 6.45) is 2.93. The standard InChI is InChI=1S/C15H11ClN2O.C10H9NO.C5H3ClFN.C4H9O.ClH.K/c16-15-9-10(7-8-18-15)19-14-6-5-13(17)11-3-1-2-4-12(11)14;11-9-5-6-10(12)8-4-2-1-3-7(8)9;6-5-3-4(7)1-2-8-5;1-4(2,3)5;;/h1-9H,17H2;1-6,12H,11H2;1-3H;1-3H3;1H;/q;;;-1;;+1. The Labute approximate surface area is 326 Å². The maximum atomic E-state index is 12.0. The van der Waals surface area contributed by atoms with E-state index in [2.05, 4.69) is 9.97 Å². The van der Waals surface area contributed by atoms with Gasteiger partial charge in [-0.3, -0.25) is 0 Å². The van der Waals surface area contributed by atoms with E-state index in [1.807, 2.05) is 60.7 Å². The van der Waals surface area contributed by atoms with E-state index >= 15 is 0 Å². The SMILES string of the molecule is CC(C)(C)[O-].Cl.Fc1ccnc(Cl)c1.Nc1ccc(O)c2ccccc12.Nc1ccc(Oc2ccnc(Cl)c2)c2ccccc12.[K+]. The molecule has 2 aromatic heterocycles. The van der Waals surface area contributed by atoms with Gasteiger partial charge in [-0.1, -0.05) is 92.5 Å². The van der Waals surface area contributed by atoms with Gasteiger partial charge in [0.25, 0.3) is 0 Å². The first-order valence-corrected chi connectivity index (χ1v) is 14.1. The van der Waals surface area contributed by atoms with Crippen LogP contribution >= 0.6 is 35.6 Å². The normalized spacial score (nSPS) is 9.98. The van der Waals surface area contributed by atoms with Gasteiger partial charge >= 0.3 is 51.4 Å². The van der Waals surface area contributed by atoms with E-state index in [-0.39, 0.29) is 80.5 Å². The largest absolute Gasteiger partial charge is 1.00 e. The molecule has 5 N–H and O–H groups in total. The summed E-state index contributed by atoms with van der Waals surface area (Å²) >= 11 is 11.1. The number of ether oxygens (including phenoxy) is 1. The number of nitrogens with two attached hydrogens (primary N) is 2. The van der Waals surface area contributed by atoms with Crippen molar-refractivity contribution in [3.63, 3.8) is 0 Å². The zero-order chi connectivity index (χ0) is 32.3. The Morgan fingerprint density at radius 1 is 0.717 bits per heavy atom. The van der Waals surface area contributed by atoms with E-state index in [4.69, 9.17) is 39.4 Å². The first kappa shape index (κ1) is 41.3. The fourth-order valence-electron chi connectivity index (χ4n) is 3.64. The van der Waals surface area contributed by atoms with Crippen LogP contribution in [0.4, 0.5) is 15.8 Å². The Morgan fingerprint density at radius 2 is 1.17 bits per heavy atom. The summed E-state index contributed by atoms with van der Waals surface area (Å²) in [6.45, 7) is 4.90. The number of aromatic hydroxyl groups is 1. The van der Waals surface area contributed by atoms with Gasteiger partial charge in [-0.2, -0.15) is 0 Å². The van der Waals surface area contributed by atoms with Crippen LogP contribution in [-0.2, 0) is 0 Å². The predicted molar refractivity (Wildman–Crippen MR) is 184 cm³/mol. The smallest absolute Gasteiger partial charge is 0.850 e. The molecule has 0 aliphatic rings. The van der Waals surface area contributed by atoms with Gasteiger partial charge in [0.05, 0.1) is 0 Å². The molecular formula is C34H33Cl3FKN4O3. The van der Waals surface area contributed by atoms with Gasteiger partial charge in [0.15, 0.2) is 0 Å². The number of phenols is 1. The minimum atomic E-state index is -0.750. The Hall–Kier alpha value is -2.70. The van der Waals surface area contributed by atoms with E-state index in [1.165, 1.54) is 12.3 Å². The summed E-state index contributed by atoms with van der Waals surface area (Å²) in [4.78, 5) is 7.49. The quantitative estimate of drug-likeness (QED) is 0.0892. The molecule has 0 saturated carbocycles. The Kier molecular flexibility index (Phi) is 17.8. The van der Waals surface area contributed by atoms with Crippen molar-refractivity contribution in [2.24, 2.45) is 0 Å². The average molecular weight is 710 g/mol. The van der Waals surface area contributed by atoms with Crippen LogP contribution in [0.1, 0.15) is 20.8 Å². The predicted octanol–water partition coefficient (Wildman–Crippen LogP) is 5.84. The van der Waals surface area contributed by atoms with Gasteiger partial charge in [0.2, 0.25) is 0 Å². The first-order chi connectivity index (χ1) is 20.8. The van der Waals surface area contributed by atoms with E-state index in [1.54, 1.807) is 51.2 Å². The Morgan fingerprint density at radius 3 is 1.65 bits per heavy atom. The number of fused-ring (bicyclic) bond motifs is 2. The first-order valence-electron chi connectivity index (χ1n) is 13.3. The molecule has 0 radical (unpaired) electrons. The molecule has 0 aliphatic carbocycles. The summed E-state index contributed by atoms with van der Waals surface area (Å²) < 4.78 is 17.9. The molecule has 4 aromatic carbocycles. The van der Waals surface area contributed by atoms with Crippen molar-refractivity contribution in [3.8, 4) is 17.2 Å². The molecule has 0 saturated heterocycles. The topological polar surface area (TPSA) is 130 Å². The Balaban J connectivity index is 0.000000338. The van der Waals surface area contributed by atoms with Crippen molar-refractivity contribution in [2.75, 3.05) is 11.5 Å². The third kappa shape index (κ3) is 14.0. The number of rotatable bonds is 2. The van der Waals surface area contributed by atoms with Crippen molar-refractivity contribution >= 4 is 68.5 Å². The number of benzene rings is 4. The molecule has 0 atom stereocenters. The van der Waals surface area contributed by atoms with Gasteiger partial charge in [-0.15, -0.1) is 18.0 Å². The average Bonchev–Trinajstić information content (AvgIpc) is 2.97. The van der Waals surface area contributed by atoms with Crippen molar-refractivity contribution in [1.82, 2.24) is 9.97 Å². The summed E-state index contributed by atoms with van der Waals surface area (Å²) in [5.41, 5.74) is 12.3. The van der Waals surface area contributed by atoms with Crippen LogP contribution in [0.25, 0.3) is 21.5 Å². The van der Waals surface area contributed by atoms with E-state index in [9.17, 15) is 14.6 Å². The fraction of sp³-hybridized carbons (Fsp3) is 0.118. The second-order valence-corrected chi connectivity index (χ2v) is 11.0. The molecule has 6 rings (SSSR count). The number of hydrogen-bond donors (Lipinski definition) is 3. The molecule has 0 bridgehead atoms. The minimum Gasteiger partial charge on any atom is -0.850 e. The number of hydrogen-bond acceptors (Lipinski definition) is 7. The van der Waals surface area contributed by atoms with E-state index in [0.29, 0.717) is 16.6 Å². The number of nitrogens with zero attached hydrogens (tertiary/aromatic N) is 2. The molecule has 46 heavy (non-hydrogen) atoms. The van der Waals surface area contributed by atoms with Crippen molar-refractivity contribution < 1.29 is 70.7 Å². The van der Waals surface area contributed by atoms with Gasteiger partial charge in [0.1, 0.15) is 33.4 Å². The number of phenolic OH excluding ortho intramolecular Hbond substituents is 1. The zero-order valence-electron chi connectivity index (χ0n) is 25.7. The molecule has 12 heteroatoms. The van der Waals surface area contributed by atoms with Crippen LogP contribution in [0, 0.1) is 5.82 Å². The summed E-state index contributed by atoms with van der Waals surface area (Å²) in [7, 11) is 0. The number of pyridine rings is 2. The third-order valence-electron chi connectivity index (χ3n) is 5.47. The van der Waals surface area contributed by atoms with Crippen LogP contribution < -0.4 is 72.7 Å². The van der Waals surface area contributed by atoms with Crippen molar-refractivity contribution in [3.05, 3.63) is 126 Å². The van der Waals surface area contributed by atoms with Crippen LogP contribution in [0.2, 0.25) is 10.3 Å². The van der Waals surface area contributed by atoms with E-state index in [0.717, 1.165) is 39.0 Å². The molecule has 0 unspecified atom stereocenters. The van der Waals surface area contributed by atoms with Gasteiger partial charge in [-0.05, 0) is 36.4 Å². The molecule has 0 fully saturated rings. The maximum Gasteiger partial charge on any atom is 1.00 e. The summed E-state index contributed by atoms with van der Waals surface area (Å²) in [6, 6.07) is 28.2. The van der Waals surface area contributed by atoms with Gasteiger partial charge in [0, 0.05) is 57.4 Å². The maximum absolute atomic E-state index is 12.0. The van der Waals surface area contributed by atoms with Crippen molar-refractivity contribution in [1.29, 1.82) is 0 Å². The number of nitrogen functional groups attached to an aromatic ring is 2. The zero-order valence-corrected chi connectivity index (χ0v) is 31.2. The van der Waals surface area contributed by atoms with Crippen LogP contribution in [0.5, 0.6) is 17.2 Å². The molecule has 236 valence electrons. The second-order valence-electron chi connectivity index (χ2n) is 10.2. The van der Waals surface area contributed by atoms with Crippen LogP contribution in [0.15, 0.2) is 109 Å². The summed E-state index contributed by atoms with van der Waals surface area (Å²) in [5, 5.41) is 23.8. The molecule has 0 amide bonds. The fourth-order valence-corrected chi connectivity index (χ4v) is 3.97. The number of halogens is 4. The summed E-state index contributed by atoms with van der Waals surface area (Å²) in [5.74, 6) is 1.31. The molecular weight excluding hydrogens is 677 g/mol. The van der Waals surface area contributed by atoms with Crippen LogP contribution in [-0.4, -0.2) is 20.7 Å². The van der Waals surface area contributed by atoms with Crippen LogP contribution in [0.3, 0.4) is 0 Å². The number of aromatic nitrogens is 2. The molecule has 0 spiro atoms. The second kappa shape index (κ2) is 19.8. The molecule has 2 heterocycles. The molecule has 7 nitrogen and oxygen atoms in total. The van der Waals surface area contributed by atoms with Gasteiger partial charge in [-0.25, -0.2) is 14.4 Å². The molecule has 0 aliphatic heterocycles. The molecule has 6 aromatic rings. The minimum absolute atomic E-state index is 0. The monoisotopic (exact) mass is 708 g/mol. The van der Waals surface area contributed by atoms with Crippen molar-refractivity contribution in [2.45, 2.75) is 26.4 Å². The Bertz CT molecular complexity index is 1780.